The molecule has 1 atom stereocenters. The van der Waals surface area contributed by atoms with Gasteiger partial charge in [-0.15, -0.1) is 0 Å². The molecular formula is C11H14N2O4. The van der Waals surface area contributed by atoms with Gasteiger partial charge in [0.05, 0.1) is 17.4 Å². The van der Waals surface area contributed by atoms with Gasteiger partial charge in [-0.05, 0) is 6.92 Å². The zero-order valence-electron chi connectivity index (χ0n) is 9.42. The lowest BCUT2D eigenvalue weighted by Gasteiger charge is -2.07. The molecular weight excluding hydrogens is 224 g/mol. The maximum Gasteiger partial charge on any atom is 0.273 e. The predicted octanol–water partition coefficient (Wildman–Crippen LogP) is 0.634. The topological polar surface area (TPSA) is 92.5 Å². The lowest BCUT2D eigenvalue weighted by atomic mass is 10.1. The minimum Gasteiger partial charge on any atom is -0.392 e. The number of nitro groups is 1. The number of amides is 1. The van der Waals surface area contributed by atoms with Gasteiger partial charge in [-0.2, -0.15) is 0 Å². The van der Waals surface area contributed by atoms with Crippen LogP contribution in [0.2, 0.25) is 0 Å². The molecule has 0 aliphatic rings. The van der Waals surface area contributed by atoms with E-state index < -0.39 is 11.0 Å². The number of nitrogens with one attached hydrogen (secondary N) is 1. The number of carbonyl (C=O) groups is 1. The summed E-state index contributed by atoms with van der Waals surface area (Å²) >= 11 is 0. The SMILES string of the molecule is C[C@@H](O)CNC(=O)Cc1ccccc1[N+](=O)[O-]. The Morgan fingerprint density at radius 1 is 1.53 bits per heavy atom. The van der Waals surface area contributed by atoms with E-state index >= 15 is 0 Å². The molecule has 1 amide bonds. The average Bonchev–Trinajstić information content (AvgIpc) is 2.27. The van der Waals surface area contributed by atoms with Gasteiger partial charge in [-0.25, -0.2) is 0 Å². The fraction of sp³-hybridized carbons (Fsp3) is 0.364. The van der Waals surface area contributed by atoms with Crippen LogP contribution in [0.25, 0.3) is 0 Å². The average molecular weight is 238 g/mol. The molecule has 0 aromatic heterocycles. The van der Waals surface area contributed by atoms with E-state index in [1.54, 1.807) is 25.1 Å². The van der Waals surface area contributed by atoms with E-state index in [0.717, 1.165) is 0 Å². The van der Waals surface area contributed by atoms with Crippen LogP contribution < -0.4 is 5.32 Å². The van der Waals surface area contributed by atoms with Crippen molar-refractivity contribution in [2.75, 3.05) is 6.54 Å². The Labute approximate surface area is 98.4 Å². The molecule has 2 N–H and O–H groups in total. The van der Waals surface area contributed by atoms with Gasteiger partial charge in [0, 0.05) is 18.2 Å². The quantitative estimate of drug-likeness (QED) is 0.581. The highest BCUT2D eigenvalue weighted by molar-refractivity contribution is 5.79. The summed E-state index contributed by atoms with van der Waals surface area (Å²) in [6.07, 6.45) is -0.700. The zero-order chi connectivity index (χ0) is 12.8. The summed E-state index contributed by atoms with van der Waals surface area (Å²) in [4.78, 5) is 21.6. The number of hydrogen-bond donors (Lipinski definition) is 2. The van der Waals surface area contributed by atoms with Gasteiger partial charge in [-0.3, -0.25) is 14.9 Å². The first-order valence-corrected chi connectivity index (χ1v) is 5.17. The largest absolute Gasteiger partial charge is 0.392 e. The van der Waals surface area contributed by atoms with Crippen LogP contribution in [0.4, 0.5) is 5.69 Å². The van der Waals surface area contributed by atoms with E-state index in [1.807, 2.05) is 0 Å². The van der Waals surface area contributed by atoms with Crippen LogP contribution in [0.1, 0.15) is 12.5 Å². The summed E-state index contributed by atoms with van der Waals surface area (Å²) in [5, 5.41) is 22.2. The zero-order valence-corrected chi connectivity index (χ0v) is 9.42. The van der Waals surface area contributed by atoms with Crippen LogP contribution in [0.3, 0.4) is 0 Å². The second kappa shape index (κ2) is 5.95. The van der Waals surface area contributed by atoms with Gasteiger partial charge in [0.25, 0.3) is 5.69 Å². The highest BCUT2D eigenvalue weighted by Crippen LogP contribution is 2.17. The molecule has 0 saturated carbocycles. The maximum absolute atomic E-state index is 11.4. The number of nitro benzene ring substituents is 1. The van der Waals surface area contributed by atoms with E-state index in [2.05, 4.69) is 5.32 Å². The standard InChI is InChI=1S/C11H14N2O4/c1-8(14)7-12-11(15)6-9-4-2-3-5-10(9)13(16)17/h2-5,8,14H,6-7H2,1H3,(H,12,15)/t8-/m1/s1. The third-order valence-electron chi connectivity index (χ3n) is 2.13. The van der Waals surface area contributed by atoms with E-state index in [0.29, 0.717) is 5.56 Å². The van der Waals surface area contributed by atoms with Crippen LogP contribution >= 0.6 is 0 Å². The second-order valence-electron chi connectivity index (χ2n) is 3.72. The molecule has 0 unspecified atom stereocenters. The predicted molar refractivity (Wildman–Crippen MR) is 61.5 cm³/mol. The lowest BCUT2D eigenvalue weighted by Crippen LogP contribution is -2.31. The fourth-order valence-electron chi connectivity index (χ4n) is 1.34. The van der Waals surface area contributed by atoms with Crippen molar-refractivity contribution in [2.45, 2.75) is 19.4 Å². The summed E-state index contributed by atoms with van der Waals surface area (Å²) in [6.45, 7) is 1.69. The Hall–Kier alpha value is -1.95. The maximum atomic E-state index is 11.4. The van der Waals surface area contributed by atoms with Crippen LogP contribution in [0, 0.1) is 10.1 Å². The van der Waals surface area contributed by atoms with Crippen molar-refractivity contribution in [1.29, 1.82) is 0 Å². The molecule has 0 saturated heterocycles. The number of para-hydroxylation sites is 1. The van der Waals surface area contributed by atoms with Gasteiger partial charge in [0.1, 0.15) is 0 Å². The third kappa shape index (κ3) is 4.20. The summed E-state index contributed by atoms with van der Waals surface area (Å²) in [5.74, 6) is -0.347. The molecule has 0 fully saturated rings. The number of aliphatic hydroxyl groups excluding tert-OH is 1. The molecule has 92 valence electrons. The number of nitrogens with zero attached hydrogens (tertiary/aromatic N) is 1. The molecule has 0 radical (unpaired) electrons. The van der Waals surface area contributed by atoms with Crippen molar-refractivity contribution in [2.24, 2.45) is 0 Å². The first kappa shape index (κ1) is 13.1. The molecule has 0 heterocycles. The molecule has 17 heavy (non-hydrogen) atoms. The lowest BCUT2D eigenvalue weighted by molar-refractivity contribution is -0.385. The molecule has 1 aromatic carbocycles. The van der Waals surface area contributed by atoms with Crippen molar-refractivity contribution in [3.05, 3.63) is 39.9 Å². The number of rotatable bonds is 5. The van der Waals surface area contributed by atoms with Crippen molar-refractivity contribution in [1.82, 2.24) is 5.32 Å². The number of hydrogen-bond acceptors (Lipinski definition) is 4. The molecule has 1 aromatic rings. The Morgan fingerprint density at radius 3 is 2.76 bits per heavy atom. The monoisotopic (exact) mass is 238 g/mol. The fourth-order valence-corrected chi connectivity index (χ4v) is 1.34. The minimum atomic E-state index is -0.635. The first-order chi connectivity index (χ1) is 8.00. The minimum absolute atomic E-state index is 0.0656. The first-order valence-electron chi connectivity index (χ1n) is 5.17. The summed E-state index contributed by atoms with van der Waals surface area (Å²) < 4.78 is 0. The van der Waals surface area contributed by atoms with Crippen molar-refractivity contribution in [3.8, 4) is 0 Å². The molecule has 1 rings (SSSR count). The summed E-state index contributed by atoms with van der Waals surface area (Å²) in [5.41, 5.74) is 0.292. The Kier molecular flexibility index (Phi) is 4.59. The van der Waals surface area contributed by atoms with E-state index in [9.17, 15) is 14.9 Å². The van der Waals surface area contributed by atoms with Gasteiger partial charge >= 0.3 is 0 Å². The summed E-state index contributed by atoms with van der Waals surface area (Å²) in [6, 6.07) is 6.09. The van der Waals surface area contributed by atoms with Crippen molar-refractivity contribution >= 4 is 11.6 Å². The van der Waals surface area contributed by atoms with E-state index in [1.165, 1.54) is 6.07 Å². The molecule has 0 aliphatic carbocycles. The van der Waals surface area contributed by atoms with Crippen LogP contribution in [0.5, 0.6) is 0 Å². The van der Waals surface area contributed by atoms with Crippen LogP contribution in [0.15, 0.2) is 24.3 Å². The number of benzene rings is 1. The second-order valence-corrected chi connectivity index (χ2v) is 3.72. The highest BCUT2D eigenvalue weighted by Gasteiger charge is 2.15. The smallest absolute Gasteiger partial charge is 0.273 e. The Morgan fingerprint density at radius 2 is 2.18 bits per heavy atom. The molecule has 6 heteroatoms. The molecule has 6 nitrogen and oxygen atoms in total. The Balaban J connectivity index is 2.68. The van der Waals surface area contributed by atoms with E-state index in [4.69, 9.17) is 5.11 Å². The van der Waals surface area contributed by atoms with E-state index in [-0.39, 0.29) is 24.6 Å². The van der Waals surface area contributed by atoms with Crippen molar-refractivity contribution in [3.63, 3.8) is 0 Å². The van der Waals surface area contributed by atoms with Gasteiger partial charge in [0.15, 0.2) is 0 Å². The number of aliphatic hydroxyl groups is 1. The van der Waals surface area contributed by atoms with Crippen molar-refractivity contribution < 1.29 is 14.8 Å². The molecule has 0 aliphatic heterocycles. The Bertz CT molecular complexity index is 418. The van der Waals surface area contributed by atoms with Gasteiger partial charge in [-0.1, -0.05) is 18.2 Å². The normalized spacial score (nSPS) is 11.9. The third-order valence-corrected chi connectivity index (χ3v) is 2.13. The van der Waals surface area contributed by atoms with Crippen LogP contribution in [-0.4, -0.2) is 28.6 Å². The summed E-state index contributed by atoms with van der Waals surface area (Å²) in [7, 11) is 0. The van der Waals surface area contributed by atoms with Gasteiger partial charge in [0.2, 0.25) is 5.91 Å². The highest BCUT2D eigenvalue weighted by atomic mass is 16.6. The van der Waals surface area contributed by atoms with Crippen LogP contribution in [-0.2, 0) is 11.2 Å². The van der Waals surface area contributed by atoms with Gasteiger partial charge < -0.3 is 10.4 Å². The molecule has 0 bridgehead atoms. The molecule has 0 spiro atoms. The number of carbonyl (C=O) groups excluding carboxylic acids is 1.